The van der Waals surface area contributed by atoms with Gasteiger partial charge in [-0.25, -0.2) is 12.8 Å². The zero-order valence-corrected chi connectivity index (χ0v) is 12.4. The molecule has 0 saturated carbocycles. The Kier molecular flexibility index (Phi) is 4.53. The van der Waals surface area contributed by atoms with Gasteiger partial charge in [0.15, 0.2) is 0 Å². The van der Waals surface area contributed by atoms with Crippen LogP contribution >= 0.6 is 22.3 Å². The van der Waals surface area contributed by atoms with Gasteiger partial charge in [0.05, 0.1) is 23.2 Å². The quantitative estimate of drug-likeness (QED) is 0.852. The lowest BCUT2D eigenvalue weighted by Crippen LogP contribution is -2.35. The number of carbonyl (C=O) groups excluding carboxylic acids is 1. The van der Waals surface area contributed by atoms with Gasteiger partial charge in [0.1, 0.15) is 10.7 Å². The Labute approximate surface area is 124 Å². The molecule has 2 rings (SSSR count). The second kappa shape index (κ2) is 5.85. The lowest BCUT2D eigenvalue weighted by Gasteiger charge is -2.12. The summed E-state index contributed by atoms with van der Waals surface area (Å²) in [4.78, 5) is 11.4. The molecule has 5 nitrogen and oxygen atoms in total. The molecule has 1 amide bonds. The molecule has 1 aromatic carbocycles. The highest BCUT2D eigenvalue weighted by Crippen LogP contribution is 2.27. The average molecular weight is 342 g/mol. The van der Waals surface area contributed by atoms with Crippen LogP contribution in [0.3, 0.4) is 0 Å². The molecule has 1 unspecified atom stereocenters. The predicted molar refractivity (Wildman–Crippen MR) is 71.1 cm³/mol. The molecular formula is C11H10Cl2FNO4S. The third-order valence-electron chi connectivity index (χ3n) is 2.79. The van der Waals surface area contributed by atoms with Crippen LogP contribution in [0.25, 0.3) is 0 Å². The number of nitrogens with one attached hydrogen (secondary N) is 1. The fourth-order valence-electron chi connectivity index (χ4n) is 1.80. The van der Waals surface area contributed by atoms with Crippen LogP contribution < -0.4 is 5.32 Å². The van der Waals surface area contributed by atoms with Gasteiger partial charge in [-0.2, -0.15) is 0 Å². The van der Waals surface area contributed by atoms with Gasteiger partial charge in [0.25, 0.3) is 15.0 Å². The molecule has 1 heterocycles. The van der Waals surface area contributed by atoms with Crippen molar-refractivity contribution in [3.8, 4) is 0 Å². The van der Waals surface area contributed by atoms with E-state index in [1.807, 2.05) is 0 Å². The van der Waals surface area contributed by atoms with Gasteiger partial charge in [-0.3, -0.25) is 4.79 Å². The lowest BCUT2D eigenvalue weighted by atomic mass is 10.1. The van der Waals surface area contributed by atoms with Crippen molar-refractivity contribution in [3.63, 3.8) is 0 Å². The summed E-state index contributed by atoms with van der Waals surface area (Å²) < 4.78 is 41.4. The van der Waals surface area contributed by atoms with E-state index in [9.17, 15) is 17.6 Å². The maximum absolute atomic E-state index is 13.7. The summed E-state index contributed by atoms with van der Waals surface area (Å²) in [5.41, 5.74) is -0.430. The first-order chi connectivity index (χ1) is 9.29. The molecule has 0 bridgehead atoms. The van der Waals surface area contributed by atoms with Gasteiger partial charge in [-0.1, -0.05) is 11.6 Å². The molecule has 0 spiro atoms. The number of hydrogen-bond acceptors (Lipinski definition) is 4. The number of benzene rings is 1. The van der Waals surface area contributed by atoms with E-state index in [1.54, 1.807) is 0 Å². The van der Waals surface area contributed by atoms with E-state index >= 15 is 0 Å². The summed E-state index contributed by atoms with van der Waals surface area (Å²) in [5, 5.41) is 2.17. The van der Waals surface area contributed by atoms with E-state index in [0.29, 0.717) is 19.6 Å². The molecule has 1 aliphatic heterocycles. The molecule has 20 heavy (non-hydrogen) atoms. The second-order valence-electron chi connectivity index (χ2n) is 4.23. The van der Waals surface area contributed by atoms with Gasteiger partial charge in [0, 0.05) is 17.3 Å². The van der Waals surface area contributed by atoms with Crippen molar-refractivity contribution in [2.75, 3.05) is 13.2 Å². The van der Waals surface area contributed by atoms with Crippen molar-refractivity contribution >= 4 is 37.2 Å². The monoisotopic (exact) mass is 341 g/mol. The Bertz CT molecular complexity index is 644. The lowest BCUT2D eigenvalue weighted by molar-refractivity contribution is 0.0925. The van der Waals surface area contributed by atoms with Gasteiger partial charge in [-0.15, -0.1) is 0 Å². The Morgan fingerprint density at radius 2 is 2.15 bits per heavy atom. The normalized spacial score (nSPS) is 19.1. The maximum atomic E-state index is 13.7. The number of hydrogen-bond donors (Lipinski definition) is 1. The maximum Gasteiger partial charge on any atom is 0.262 e. The summed E-state index contributed by atoms with van der Waals surface area (Å²) in [6, 6.07) is 1.34. The van der Waals surface area contributed by atoms with Crippen LogP contribution in [-0.4, -0.2) is 33.6 Å². The number of carbonyl (C=O) groups is 1. The molecule has 1 aromatic rings. The Hall–Kier alpha value is -0.890. The number of amides is 1. The van der Waals surface area contributed by atoms with Crippen LogP contribution in [0.2, 0.25) is 5.02 Å². The van der Waals surface area contributed by atoms with Crippen LogP contribution in [0.1, 0.15) is 16.8 Å². The van der Waals surface area contributed by atoms with Crippen LogP contribution in [0, 0.1) is 5.82 Å². The standard InChI is InChI=1S/C11H10Cl2FNO4S/c12-8-4-9(14)7(3-10(8)20(13,17)18)11(16)15-6-1-2-19-5-6/h3-4,6H,1-2,5H2,(H,15,16). The zero-order valence-electron chi connectivity index (χ0n) is 10.0. The average Bonchev–Trinajstić information content (AvgIpc) is 2.79. The molecule has 0 radical (unpaired) electrons. The smallest absolute Gasteiger partial charge is 0.262 e. The van der Waals surface area contributed by atoms with E-state index in [2.05, 4.69) is 5.32 Å². The largest absolute Gasteiger partial charge is 0.379 e. The van der Waals surface area contributed by atoms with Crippen molar-refractivity contribution in [3.05, 3.63) is 28.5 Å². The van der Waals surface area contributed by atoms with E-state index in [1.165, 1.54) is 0 Å². The van der Waals surface area contributed by atoms with Crippen LogP contribution in [0.15, 0.2) is 17.0 Å². The summed E-state index contributed by atoms with van der Waals surface area (Å²) in [7, 11) is 1.01. The molecular weight excluding hydrogens is 332 g/mol. The van der Waals surface area contributed by atoms with Crippen molar-refractivity contribution < 1.29 is 22.3 Å². The minimum absolute atomic E-state index is 0.228. The Balaban J connectivity index is 2.33. The molecule has 1 atom stereocenters. The molecule has 110 valence electrons. The van der Waals surface area contributed by atoms with Gasteiger partial charge in [-0.05, 0) is 18.6 Å². The van der Waals surface area contributed by atoms with Gasteiger partial charge < -0.3 is 10.1 Å². The van der Waals surface area contributed by atoms with Gasteiger partial charge >= 0.3 is 0 Å². The molecule has 0 aliphatic carbocycles. The third-order valence-corrected chi connectivity index (χ3v) is 4.58. The summed E-state index contributed by atoms with van der Waals surface area (Å²) in [5.74, 6) is -1.66. The fraction of sp³-hybridized carbons (Fsp3) is 0.364. The second-order valence-corrected chi connectivity index (χ2v) is 7.18. The SMILES string of the molecule is O=C(NC1CCOC1)c1cc(S(=O)(=O)Cl)c(Cl)cc1F. The minimum Gasteiger partial charge on any atom is -0.379 e. The predicted octanol–water partition coefficient (Wildman–Crippen LogP) is 1.93. The molecule has 1 fully saturated rings. The number of rotatable bonds is 3. The highest BCUT2D eigenvalue weighted by Gasteiger charge is 2.24. The first kappa shape index (κ1) is 15.5. The van der Waals surface area contributed by atoms with Crippen molar-refractivity contribution in [1.82, 2.24) is 5.32 Å². The molecule has 1 N–H and O–H groups in total. The fourth-order valence-corrected chi connectivity index (χ4v) is 3.31. The topological polar surface area (TPSA) is 72.5 Å². The summed E-state index contributed by atoms with van der Waals surface area (Å²) >= 11 is 5.61. The summed E-state index contributed by atoms with van der Waals surface area (Å²) in [6.45, 7) is 0.844. The minimum atomic E-state index is -4.16. The van der Waals surface area contributed by atoms with Crippen LogP contribution in [-0.2, 0) is 13.8 Å². The summed E-state index contributed by atoms with van der Waals surface area (Å²) in [6.07, 6.45) is 0.613. The van der Waals surface area contributed by atoms with Crippen LogP contribution in [0.5, 0.6) is 0 Å². The van der Waals surface area contributed by atoms with Crippen molar-refractivity contribution in [2.24, 2.45) is 0 Å². The molecule has 0 aromatic heterocycles. The number of halogens is 3. The van der Waals surface area contributed by atoms with Crippen molar-refractivity contribution in [1.29, 1.82) is 0 Å². The highest BCUT2D eigenvalue weighted by atomic mass is 35.7. The van der Waals surface area contributed by atoms with E-state index in [4.69, 9.17) is 27.0 Å². The van der Waals surface area contributed by atoms with E-state index in [-0.39, 0.29) is 11.1 Å². The van der Waals surface area contributed by atoms with Crippen molar-refractivity contribution in [2.45, 2.75) is 17.4 Å². The first-order valence-corrected chi connectivity index (χ1v) is 8.30. The zero-order chi connectivity index (χ0) is 14.9. The van der Waals surface area contributed by atoms with Crippen LogP contribution in [0.4, 0.5) is 4.39 Å². The number of ether oxygens (including phenoxy) is 1. The Morgan fingerprint density at radius 1 is 1.45 bits per heavy atom. The van der Waals surface area contributed by atoms with E-state index < -0.39 is 31.2 Å². The first-order valence-electron chi connectivity index (χ1n) is 5.61. The Morgan fingerprint density at radius 3 is 2.70 bits per heavy atom. The van der Waals surface area contributed by atoms with E-state index in [0.717, 1.165) is 12.1 Å². The molecule has 1 saturated heterocycles. The molecule has 1 aliphatic rings. The molecule has 9 heteroatoms. The highest BCUT2D eigenvalue weighted by molar-refractivity contribution is 8.13. The van der Waals surface area contributed by atoms with Gasteiger partial charge in [0.2, 0.25) is 0 Å². The third kappa shape index (κ3) is 3.41.